The summed E-state index contributed by atoms with van der Waals surface area (Å²) < 4.78 is 0. The summed E-state index contributed by atoms with van der Waals surface area (Å²) in [5.74, 6) is 0.241. The van der Waals surface area contributed by atoms with Crippen LogP contribution in [0, 0.1) is 11.8 Å². The second-order valence-electron chi connectivity index (χ2n) is 5.01. The van der Waals surface area contributed by atoms with Crippen molar-refractivity contribution in [1.82, 2.24) is 5.32 Å². The van der Waals surface area contributed by atoms with Crippen LogP contribution in [-0.4, -0.2) is 18.0 Å². The van der Waals surface area contributed by atoms with Crippen LogP contribution < -0.4 is 11.1 Å². The van der Waals surface area contributed by atoms with Crippen LogP contribution in [0.1, 0.15) is 33.6 Å². The van der Waals surface area contributed by atoms with E-state index >= 15 is 0 Å². The van der Waals surface area contributed by atoms with Crippen molar-refractivity contribution in [3.8, 4) is 0 Å². The smallest absolute Gasteiger partial charge is 0.224 e. The first-order valence-corrected chi connectivity index (χ1v) is 6.15. The first-order chi connectivity index (χ1) is 7.91. The van der Waals surface area contributed by atoms with Gasteiger partial charge in [-0.1, -0.05) is 26.0 Å². The number of rotatable bonds is 8. The maximum atomic E-state index is 12.1. The number of nitrogens with one attached hydrogen (secondary N) is 1. The summed E-state index contributed by atoms with van der Waals surface area (Å²) in [5, 5.41) is 3.05. The zero-order valence-corrected chi connectivity index (χ0v) is 11.3. The average Bonchev–Trinajstić information content (AvgIpc) is 2.28. The minimum atomic E-state index is -0.350. The highest BCUT2D eigenvalue weighted by Gasteiger charge is 2.30. The molecule has 1 atom stereocenters. The molecule has 0 aliphatic carbocycles. The van der Waals surface area contributed by atoms with E-state index in [9.17, 15) is 4.79 Å². The topological polar surface area (TPSA) is 55.1 Å². The third-order valence-corrected chi connectivity index (χ3v) is 3.38. The summed E-state index contributed by atoms with van der Waals surface area (Å²) in [7, 11) is 0. The molecule has 3 nitrogen and oxygen atoms in total. The van der Waals surface area contributed by atoms with Crippen molar-refractivity contribution in [2.45, 2.75) is 39.2 Å². The number of nitrogens with two attached hydrogens (primary N) is 1. The fourth-order valence-electron chi connectivity index (χ4n) is 1.53. The van der Waals surface area contributed by atoms with Crippen LogP contribution in [0.4, 0.5) is 0 Å². The molecule has 0 saturated heterocycles. The van der Waals surface area contributed by atoms with Gasteiger partial charge >= 0.3 is 0 Å². The molecule has 3 N–H and O–H groups in total. The normalized spacial score (nSPS) is 14.5. The summed E-state index contributed by atoms with van der Waals surface area (Å²) >= 11 is 0. The van der Waals surface area contributed by atoms with E-state index in [4.69, 9.17) is 5.73 Å². The highest BCUT2D eigenvalue weighted by atomic mass is 16.2. The van der Waals surface area contributed by atoms with Crippen molar-refractivity contribution in [3.05, 3.63) is 25.3 Å². The van der Waals surface area contributed by atoms with Gasteiger partial charge in [-0.25, -0.2) is 0 Å². The van der Waals surface area contributed by atoms with Gasteiger partial charge in [0.25, 0.3) is 0 Å². The van der Waals surface area contributed by atoms with Crippen LogP contribution in [0.5, 0.6) is 0 Å². The largest absolute Gasteiger partial charge is 0.349 e. The second-order valence-corrected chi connectivity index (χ2v) is 5.01. The number of carbonyl (C=O) groups excluding carboxylic acids is 1. The van der Waals surface area contributed by atoms with Gasteiger partial charge in [-0.15, -0.1) is 13.2 Å². The van der Waals surface area contributed by atoms with Gasteiger partial charge in [0.1, 0.15) is 0 Å². The van der Waals surface area contributed by atoms with Crippen LogP contribution in [-0.2, 0) is 4.79 Å². The molecule has 0 radical (unpaired) electrons. The second kappa shape index (κ2) is 7.28. The summed E-state index contributed by atoms with van der Waals surface area (Å²) in [6.07, 6.45) is 4.86. The van der Waals surface area contributed by atoms with Crippen molar-refractivity contribution in [3.63, 3.8) is 0 Å². The molecule has 0 aromatic carbocycles. The Morgan fingerprint density at radius 2 is 1.82 bits per heavy atom. The van der Waals surface area contributed by atoms with Crippen LogP contribution in [0.2, 0.25) is 0 Å². The number of allylic oxidation sites excluding steroid dienone is 2. The summed E-state index contributed by atoms with van der Waals surface area (Å²) in [6.45, 7) is 13.9. The van der Waals surface area contributed by atoms with Gasteiger partial charge in [0, 0.05) is 12.5 Å². The lowest BCUT2D eigenvalue weighted by atomic mass is 9.87. The molecular weight excluding hydrogens is 212 g/mol. The molecule has 0 fully saturated rings. The Balaban J connectivity index is 4.67. The average molecular weight is 238 g/mol. The van der Waals surface area contributed by atoms with Crippen LogP contribution in [0.15, 0.2) is 25.3 Å². The van der Waals surface area contributed by atoms with Crippen molar-refractivity contribution < 1.29 is 4.79 Å². The molecule has 0 aliphatic heterocycles. The third-order valence-electron chi connectivity index (χ3n) is 3.38. The fraction of sp³-hybridized carbons (Fsp3) is 0.643. The lowest BCUT2D eigenvalue weighted by molar-refractivity contribution is -0.127. The Kier molecular flexibility index (Phi) is 6.81. The van der Waals surface area contributed by atoms with Gasteiger partial charge < -0.3 is 11.1 Å². The number of hydrogen-bond acceptors (Lipinski definition) is 2. The van der Waals surface area contributed by atoms with E-state index in [0.717, 1.165) is 0 Å². The van der Waals surface area contributed by atoms with Gasteiger partial charge in [0.2, 0.25) is 5.91 Å². The highest BCUT2D eigenvalue weighted by Crippen LogP contribution is 2.18. The molecule has 0 aromatic rings. The van der Waals surface area contributed by atoms with E-state index < -0.39 is 0 Å². The zero-order chi connectivity index (χ0) is 13.5. The van der Waals surface area contributed by atoms with Crippen molar-refractivity contribution in [2.75, 3.05) is 6.54 Å². The Morgan fingerprint density at radius 3 is 2.12 bits per heavy atom. The summed E-state index contributed by atoms with van der Waals surface area (Å²) in [6, 6.07) is 0. The van der Waals surface area contributed by atoms with Crippen LogP contribution >= 0.6 is 0 Å². The number of amides is 1. The van der Waals surface area contributed by atoms with Gasteiger partial charge in [0.05, 0.1) is 5.54 Å². The SMILES string of the molecule is C=CCC(CC=C)C(=O)NC(C)(CN)C(C)C. The van der Waals surface area contributed by atoms with E-state index in [2.05, 4.69) is 32.3 Å². The Morgan fingerprint density at radius 1 is 1.35 bits per heavy atom. The van der Waals surface area contributed by atoms with Crippen LogP contribution in [0.3, 0.4) is 0 Å². The molecule has 0 rings (SSSR count). The van der Waals surface area contributed by atoms with Gasteiger partial charge in [-0.3, -0.25) is 4.79 Å². The fourth-order valence-corrected chi connectivity index (χ4v) is 1.53. The van der Waals surface area contributed by atoms with E-state index in [0.29, 0.717) is 25.3 Å². The molecule has 0 heterocycles. The maximum absolute atomic E-state index is 12.1. The molecule has 0 saturated carbocycles. The van der Waals surface area contributed by atoms with E-state index in [1.165, 1.54) is 0 Å². The Hall–Kier alpha value is -1.09. The lowest BCUT2D eigenvalue weighted by Gasteiger charge is -2.34. The van der Waals surface area contributed by atoms with Crippen LogP contribution in [0.25, 0.3) is 0 Å². The molecule has 3 heteroatoms. The molecule has 0 bridgehead atoms. The molecule has 0 spiro atoms. The number of carbonyl (C=O) groups is 1. The van der Waals surface area contributed by atoms with Gasteiger partial charge in [-0.05, 0) is 25.7 Å². The van der Waals surface area contributed by atoms with Gasteiger partial charge in [0.15, 0.2) is 0 Å². The molecule has 1 amide bonds. The predicted molar refractivity (Wildman–Crippen MR) is 73.6 cm³/mol. The zero-order valence-electron chi connectivity index (χ0n) is 11.3. The van der Waals surface area contributed by atoms with Gasteiger partial charge in [-0.2, -0.15) is 0 Å². The van der Waals surface area contributed by atoms with Crippen molar-refractivity contribution >= 4 is 5.91 Å². The van der Waals surface area contributed by atoms with E-state index in [1.807, 2.05) is 6.92 Å². The van der Waals surface area contributed by atoms with E-state index in [1.54, 1.807) is 12.2 Å². The summed E-state index contributed by atoms with van der Waals surface area (Å²) in [5.41, 5.74) is 5.40. The first kappa shape index (κ1) is 15.9. The highest BCUT2D eigenvalue weighted by molar-refractivity contribution is 5.79. The lowest BCUT2D eigenvalue weighted by Crippen LogP contribution is -2.56. The molecule has 98 valence electrons. The maximum Gasteiger partial charge on any atom is 0.224 e. The van der Waals surface area contributed by atoms with Crippen molar-refractivity contribution in [1.29, 1.82) is 0 Å². The minimum Gasteiger partial charge on any atom is -0.349 e. The summed E-state index contributed by atoms with van der Waals surface area (Å²) in [4.78, 5) is 12.1. The molecular formula is C14H26N2O. The van der Waals surface area contributed by atoms with Crippen molar-refractivity contribution in [2.24, 2.45) is 17.6 Å². The molecule has 17 heavy (non-hydrogen) atoms. The standard InChI is InChI=1S/C14H26N2O/c1-6-8-12(9-7-2)13(17)16-14(5,10-15)11(3)4/h6-7,11-12H,1-2,8-10,15H2,3-5H3,(H,16,17). The Labute approximate surface area is 105 Å². The predicted octanol–water partition coefficient (Wildman–Crippen LogP) is 2.24. The molecule has 0 aromatic heterocycles. The molecule has 1 unspecified atom stereocenters. The third kappa shape index (κ3) is 4.73. The minimum absolute atomic E-state index is 0.0338. The first-order valence-electron chi connectivity index (χ1n) is 6.15. The quantitative estimate of drug-likeness (QED) is 0.637. The molecule has 0 aliphatic rings. The monoisotopic (exact) mass is 238 g/mol. The Bertz CT molecular complexity index is 263. The number of hydrogen-bond donors (Lipinski definition) is 2. The van der Waals surface area contributed by atoms with E-state index in [-0.39, 0.29) is 17.4 Å².